The first-order valence-corrected chi connectivity index (χ1v) is 18.5. The number of carbonyl (C=O) groups is 3. The molecule has 2 fully saturated rings. The SMILES string of the molecule is CNC(=O)COc1cc2cc(Nc3nc(NC[C@H]4CC[C@H](CNc5cccc6c(C7CCC(=O)NC7=O)nn(C)c56)CC4)ncc3Cl)ccc2n(C)c1=O. The molecule has 5 N–H and O–H groups in total. The van der Waals surface area contributed by atoms with Crippen molar-refractivity contribution in [2.45, 2.75) is 44.4 Å². The molecule has 3 amide bonds. The number of likely N-dealkylation sites (N-methyl/N-ethyl adjacent to an activating group) is 1. The number of piperidine rings is 1. The van der Waals surface area contributed by atoms with Crippen LogP contribution in [0.15, 0.2) is 53.5 Å². The molecule has 0 spiro atoms. The van der Waals surface area contributed by atoms with Crippen LogP contribution in [-0.2, 0) is 28.5 Å². The molecule has 4 heterocycles. The van der Waals surface area contributed by atoms with Crippen molar-refractivity contribution in [1.82, 2.24) is 34.9 Å². The number of nitrogens with zero attached hydrogens (tertiary/aromatic N) is 5. The summed E-state index contributed by atoms with van der Waals surface area (Å²) in [6, 6.07) is 13.2. The Bertz CT molecular complexity index is 2300. The number of imide groups is 1. The molecule has 2 aliphatic rings. The number of hydrogen-bond acceptors (Lipinski definition) is 11. The van der Waals surface area contributed by atoms with Crippen LogP contribution in [0.5, 0.6) is 5.75 Å². The fourth-order valence-corrected chi connectivity index (χ4v) is 7.51. The number of ether oxygens (including phenoxy) is 1. The number of carbonyl (C=O) groups excluding carboxylic acids is 3. The molecule has 1 atom stereocenters. The Morgan fingerprint density at radius 2 is 1.76 bits per heavy atom. The molecule has 15 nitrogen and oxygen atoms in total. The van der Waals surface area contributed by atoms with Gasteiger partial charge in [0.05, 0.1) is 34.5 Å². The minimum Gasteiger partial charge on any atom is -0.478 e. The fourth-order valence-electron chi connectivity index (χ4n) is 7.38. The number of benzene rings is 2. The lowest BCUT2D eigenvalue weighted by atomic mass is 9.82. The maximum atomic E-state index is 12.8. The first kappa shape index (κ1) is 36.6. The molecule has 2 aromatic carbocycles. The molecule has 16 heteroatoms. The predicted octanol–water partition coefficient (Wildman–Crippen LogP) is 4.59. The van der Waals surface area contributed by atoms with Crippen LogP contribution in [0.2, 0.25) is 5.02 Å². The third-order valence-electron chi connectivity index (χ3n) is 10.4. The number of aryl methyl sites for hydroxylation is 2. The highest BCUT2D eigenvalue weighted by Gasteiger charge is 2.32. The van der Waals surface area contributed by atoms with Crippen LogP contribution in [0.3, 0.4) is 0 Å². The Morgan fingerprint density at radius 1 is 1.00 bits per heavy atom. The van der Waals surface area contributed by atoms with Crippen molar-refractivity contribution in [3.05, 3.63) is 69.7 Å². The minimum atomic E-state index is -0.437. The molecule has 5 aromatic rings. The largest absolute Gasteiger partial charge is 0.478 e. The number of fused-ring (bicyclic) bond motifs is 2. The van der Waals surface area contributed by atoms with Gasteiger partial charge < -0.3 is 30.6 Å². The van der Waals surface area contributed by atoms with Crippen LogP contribution in [0.1, 0.15) is 50.1 Å². The van der Waals surface area contributed by atoms with Gasteiger partial charge in [0, 0.05) is 57.1 Å². The summed E-state index contributed by atoms with van der Waals surface area (Å²) in [6.07, 6.45) is 6.66. The van der Waals surface area contributed by atoms with E-state index in [1.165, 1.54) is 11.6 Å². The summed E-state index contributed by atoms with van der Waals surface area (Å²) >= 11 is 6.49. The number of para-hydroxylation sites is 1. The highest BCUT2D eigenvalue weighted by atomic mass is 35.5. The maximum absolute atomic E-state index is 12.8. The fraction of sp³-hybridized carbons (Fsp3) is 0.395. The van der Waals surface area contributed by atoms with Gasteiger partial charge in [-0.2, -0.15) is 10.1 Å². The van der Waals surface area contributed by atoms with Gasteiger partial charge in [-0.05, 0) is 74.3 Å². The topological polar surface area (TPSA) is 186 Å². The number of anilines is 4. The van der Waals surface area contributed by atoms with Crippen molar-refractivity contribution in [2.75, 3.05) is 42.7 Å². The van der Waals surface area contributed by atoms with Gasteiger partial charge in [0.25, 0.3) is 11.5 Å². The molecule has 54 heavy (non-hydrogen) atoms. The summed E-state index contributed by atoms with van der Waals surface area (Å²) in [7, 11) is 5.05. The zero-order valence-electron chi connectivity index (χ0n) is 30.4. The highest BCUT2D eigenvalue weighted by molar-refractivity contribution is 6.33. The smallest absolute Gasteiger partial charge is 0.293 e. The lowest BCUT2D eigenvalue weighted by molar-refractivity contribution is -0.134. The first-order chi connectivity index (χ1) is 26.1. The third kappa shape index (κ3) is 7.81. The second-order valence-corrected chi connectivity index (χ2v) is 14.4. The van der Waals surface area contributed by atoms with Crippen molar-refractivity contribution >= 4 is 74.3 Å². The van der Waals surface area contributed by atoms with Crippen LogP contribution in [0.25, 0.3) is 21.8 Å². The van der Waals surface area contributed by atoms with E-state index in [9.17, 15) is 19.2 Å². The summed E-state index contributed by atoms with van der Waals surface area (Å²) in [5.74, 6) is 0.693. The highest BCUT2D eigenvalue weighted by Crippen LogP contribution is 2.35. The van der Waals surface area contributed by atoms with Crippen LogP contribution in [-0.4, -0.2) is 68.8 Å². The molecule has 1 aliphatic heterocycles. The number of amides is 3. The van der Waals surface area contributed by atoms with Crippen molar-refractivity contribution in [3.8, 4) is 5.75 Å². The molecule has 3 aromatic heterocycles. The zero-order chi connectivity index (χ0) is 37.9. The number of hydrogen-bond donors (Lipinski definition) is 5. The van der Waals surface area contributed by atoms with E-state index >= 15 is 0 Å². The molecule has 1 saturated carbocycles. The lowest BCUT2D eigenvalue weighted by Gasteiger charge is -2.29. The second-order valence-electron chi connectivity index (χ2n) is 14.0. The molecular formula is C38H43ClN10O5. The molecule has 0 bridgehead atoms. The normalized spacial score (nSPS) is 18.7. The lowest BCUT2D eigenvalue weighted by Crippen LogP contribution is -2.39. The second kappa shape index (κ2) is 15.7. The van der Waals surface area contributed by atoms with E-state index in [2.05, 4.69) is 42.6 Å². The summed E-state index contributed by atoms with van der Waals surface area (Å²) in [4.78, 5) is 57.7. The summed E-state index contributed by atoms with van der Waals surface area (Å²) < 4.78 is 8.79. The van der Waals surface area contributed by atoms with E-state index in [1.54, 1.807) is 19.3 Å². The van der Waals surface area contributed by atoms with Gasteiger partial charge in [0.15, 0.2) is 18.2 Å². The summed E-state index contributed by atoms with van der Waals surface area (Å²) in [6.45, 7) is 1.31. The van der Waals surface area contributed by atoms with E-state index in [-0.39, 0.29) is 35.6 Å². The molecule has 1 saturated heterocycles. The number of rotatable bonds is 12. The number of pyridine rings is 1. The van der Waals surface area contributed by atoms with Gasteiger partial charge in [0.1, 0.15) is 5.02 Å². The predicted molar refractivity (Wildman–Crippen MR) is 207 cm³/mol. The zero-order valence-corrected chi connectivity index (χ0v) is 31.1. The third-order valence-corrected chi connectivity index (χ3v) is 10.7. The first-order valence-electron chi connectivity index (χ1n) is 18.1. The maximum Gasteiger partial charge on any atom is 0.293 e. The molecule has 7 rings (SSSR count). The minimum absolute atomic E-state index is 0.0759. The quantitative estimate of drug-likeness (QED) is 0.112. The Balaban J connectivity index is 0.931. The summed E-state index contributed by atoms with van der Waals surface area (Å²) in [5, 5.41) is 22.0. The van der Waals surface area contributed by atoms with Crippen LogP contribution >= 0.6 is 11.6 Å². The van der Waals surface area contributed by atoms with Gasteiger partial charge in [-0.1, -0.05) is 23.7 Å². The van der Waals surface area contributed by atoms with E-state index in [4.69, 9.17) is 21.4 Å². The average Bonchev–Trinajstić information content (AvgIpc) is 3.51. The van der Waals surface area contributed by atoms with Gasteiger partial charge in [-0.25, -0.2) is 4.98 Å². The van der Waals surface area contributed by atoms with Gasteiger partial charge >= 0.3 is 0 Å². The van der Waals surface area contributed by atoms with Crippen LogP contribution < -0.4 is 36.9 Å². The van der Waals surface area contributed by atoms with Crippen LogP contribution in [0.4, 0.5) is 23.1 Å². The Morgan fingerprint density at radius 3 is 2.50 bits per heavy atom. The Kier molecular flexibility index (Phi) is 10.7. The van der Waals surface area contributed by atoms with Gasteiger partial charge in [-0.15, -0.1) is 0 Å². The van der Waals surface area contributed by atoms with E-state index < -0.39 is 5.92 Å². The molecule has 1 aliphatic carbocycles. The molecular weight excluding hydrogens is 712 g/mol. The number of aromatic nitrogens is 5. The number of nitrogens with one attached hydrogen (secondary N) is 5. The summed E-state index contributed by atoms with van der Waals surface area (Å²) in [5.41, 5.74) is 3.72. The average molecular weight is 755 g/mol. The van der Waals surface area contributed by atoms with Crippen molar-refractivity contribution < 1.29 is 19.1 Å². The monoisotopic (exact) mass is 754 g/mol. The molecule has 282 valence electrons. The van der Waals surface area contributed by atoms with Gasteiger partial charge in [-0.3, -0.25) is 29.2 Å². The Hall–Kier alpha value is -5.70. The van der Waals surface area contributed by atoms with Crippen molar-refractivity contribution in [3.63, 3.8) is 0 Å². The van der Waals surface area contributed by atoms with Crippen molar-refractivity contribution in [2.24, 2.45) is 25.9 Å². The molecule has 0 radical (unpaired) electrons. The van der Waals surface area contributed by atoms with Crippen LogP contribution in [0, 0.1) is 11.8 Å². The molecule has 1 unspecified atom stereocenters. The van der Waals surface area contributed by atoms with Crippen molar-refractivity contribution in [1.29, 1.82) is 0 Å². The Labute approximate surface area is 316 Å². The van der Waals surface area contributed by atoms with E-state index in [1.807, 2.05) is 42.1 Å². The number of halogens is 1. The van der Waals surface area contributed by atoms with E-state index in [0.717, 1.165) is 60.7 Å². The standard InChI is InChI=1S/C38H43ClN10O5/c1-40-32(51)20-54-30-16-23-15-24(11-13-29(23)48(2)37(30)53)44-35-27(39)19-43-38(46-35)42-18-22-9-7-21(8-10-22)17-41-28-6-4-5-25-33(47-49(3)34(25)28)26-12-14-31(50)45-36(26)52/h4-6,11,13,15-16,19,21-22,26,41H,7-10,12,14,17-18,20H2,1-3H3,(H,40,51)(H,45,50,52)(H2,42,43,44,46)/t21-,22-,26?. The van der Waals surface area contributed by atoms with Gasteiger partial charge in [0.2, 0.25) is 17.8 Å². The van der Waals surface area contributed by atoms with E-state index in [0.29, 0.717) is 58.4 Å².